The number of nitrogens with one attached hydrogen (secondary N) is 1. The number of amides is 2. The van der Waals surface area contributed by atoms with Crippen molar-refractivity contribution in [1.82, 2.24) is 10.2 Å². The second kappa shape index (κ2) is 9.15. The first-order valence-electron chi connectivity index (χ1n) is 6.89. The van der Waals surface area contributed by atoms with Crippen LogP contribution in [-0.4, -0.2) is 55.1 Å². The van der Waals surface area contributed by atoms with Crippen LogP contribution in [-0.2, 0) is 14.3 Å². The van der Waals surface area contributed by atoms with Crippen LogP contribution in [0.2, 0.25) is 0 Å². The average molecular weight is 308 g/mol. The molecule has 118 valence electrons. The second-order valence-electron chi connectivity index (χ2n) is 5.18. The van der Waals surface area contributed by atoms with Crippen molar-refractivity contribution in [2.45, 2.75) is 39.3 Å². The number of halogens is 1. The molecule has 0 radical (unpaired) electrons. The summed E-state index contributed by atoms with van der Waals surface area (Å²) in [6.45, 7) is 7.93. The first-order chi connectivity index (χ1) is 8.97. The first-order valence-corrected chi connectivity index (χ1v) is 6.89. The van der Waals surface area contributed by atoms with Gasteiger partial charge in [0.15, 0.2) is 0 Å². The van der Waals surface area contributed by atoms with E-state index in [-0.39, 0.29) is 30.1 Å². The zero-order valence-electron chi connectivity index (χ0n) is 12.4. The van der Waals surface area contributed by atoms with Crippen LogP contribution in [0.4, 0.5) is 0 Å². The van der Waals surface area contributed by atoms with Crippen molar-refractivity contribution >= 4 is 24.2 Å². The Morgan fingerprint density at radius 2 is 1.85 bits per heavy atom. The normalized spacial score (nSPS) is 18.1. The molecular formula is C13H26ClN3O3. The Labute approximate surface area is 126 Å². The number of hydrogen-bond donors (Lipinski definition) is 2. The van der Waals surface area contributed by atoms with Crippen LogP contribution in [0.15, 0.2) is 0 Å². The van der Waals surface area contributed by atoms with E-state index in [1.807, 2.05) is 20.8 Å². The van der Waals surface area contributed by atoms with Crippen LogP contribution >= 0.6 is 12.4 Å². The number of ether oxygens (including phenoxy) is 1. The highest BCUT2D eigenvalue weighted by atomic mass is 35.5. The summed E-state index contributed by atoms with van der Waals surface area (Å²) < 4.78 is 5.21. The molecule has 0 aromatic carbocycles. The molecule has 2 atom stereocenters. The van der Waals surface area contributed by atoms with Crippen molar-refractivity contribution < 1.29 is 14.3 Å². The fraction of sp³-hybridized carbons (Fsp3) is 0.846. The molecule has 6 nitrogen and oxygen atoms in total. The highest BCUT2D eigenvalue weighted by Gasteiger charge is 2.28. The summed E-state index contributed by atoms with van der Waals surface area (Å²) in [6.07, 6.45) is 0.562. The zero-order chi connectivity index (χ0) is 14.4. The van der Waals surface area contributed by atoms with E-state index in [4.69, 9.17) is 10.5 Å². The molecular weight excluding hydrogens is 282 g/mol. The number of nitrogens with zero attached hydrogens (tertiary/aromatic N) is 1. The molecule has 0 aromatic heterocycles. The molecule has 1 aliphatic heterocycles. The Balaban J connectivity index is 0.00000361. The number of nitrogens with two attached hydrogens (primary N) is 1. The molecule has 7 heteroatoms. The van der Waals surface area contributed by atoms with Gasteiger partial charge in [0, 0.05) is 13.1 Å². The van der Waals surface area contributed by atoms with Gasteiger partial charge in [-0.15, -0.1) is 12.4 Å². The third kappa shape index (κ3) is 5.26. The van der Waals surface area contributed by atoms with Crippen LogP contribution < -0.4 is 11.1 Å². The lowest BCUT2D eigenvalue weighted by Crippen LogP contribution is -2.55. The lowest BCUT2D eigenvalue weighted by Gasteiger charge is -2.31. The van der Waals surface area contributed by atoms with E-state index in [2.05, 4.69) is 5.32 Å². The third-order valence-electron chi connectivity index (χ3n) is 3.37. The lowest BCUT2D eigenvalue weighted by molar-refractivity contribution is -0.140. The maximum Gasteiger partial charge on any atom is 0.245 e. The number of morpholine rings is 1. The summed E-state index contributed by atoms with van der Waals surface area (Å²) in [5, 5.41) is 2.75. The molecule has 3 N–H and O–H groups in total. The number of rotatable bonds is 5. The van der Waals surface area contributed by atoms with Gasteiger partial charge in [0.2, 0.25) is 11.8 Å². The quantitative estimate of drug-likeness (QED) is 0.757. The molecule has 0 aromatic rings. The molecule has 20 heavy (non-hydrogen) atoms. The molecule has 1 unspecified atom stereocenters. The van der Waals surface area contributed by atoms with E-state index < -0.39 is 12.1 Å². The average Bonchev–Trinajstić information content (AvgIpc) is 2.43. The first kappa shape index (κ1) is 19.1. The van der Waals surface area contributed by atoms with Gasteiger partial charge in [-0.3, -0.25) is 9.59 Å². The van der Waals surface area contributed by atoms with Gasteiger partial charge in [-0.05, 0) is 12.3 Å². The number of carbonyl (C=O) groups is 2. The van der Waals surface area contributed by atoms with Crippen molar-refractivity contribution in [3.63, 3.8) is 0 Å². The van der Waals surface area contributed by atoms with Gasteiger partial charge in [0.25, 0.3) is 0 Å². The summed E-state index contributed by atoms with van der Waals surface area (Å²) >= 11 is 0. The van der Waals surface area contributed by atoms with Crippen LogP contribution in [0.5, 0.6) is 0 Å². The van der Waals surface area contributed by atoms with Gasteiger partial charge in [0.1, 0.15) is 6.04 Å². The molecule has 1 fully saturated rings. The SMILES string of the molecule is CCC(NC(=O)[C@@H](N)C(C)C)C(=O)N1CCOCC1.Cl. The zero-order valence-corrected chi connectivity index (χ0v) is 13.2. The lowest BCUT2D eigenvalue weighted by atomic mass is 10.0. The molecule has 1 rings (SSSR count). The predicted octanol–water partition coefficient (Wildman–Crippen LogP) is 0.145. The summed E-state index contributed by atoms with van der Waals surface area (Å²) in [7, 11) is 0. The van der Waals surface area contributed by atoms with Gasteiger partial charge in [-0.1, -0.05) is 20.8 Å². The largest absolute Gasteiger partial charge is 0.378 e. The fourth-order valence-corrected chi connectivity index (χ4v) is 1.91. The van der Waals surface area contributed by atoms with Crippen molar-refractivity contribution in [3.05, 3.63) is 0 Å². The molecule has 0 spiro atoms. The minimum absolute atomic E-state index is 0. The van der Waals surface area contributed by atoms with Crippen LogP contribution in [0.1, 0.15) is 27.2 Å². The van der Waals surface area contributed by atoms with Crippen molar-refractivity contribution in [2.75, 3.05) is 26.3 Å². The van der Waals surface area contributed by atoms with Gasteiger partial charge < -0.3 is 20.7 Å². The van der Waals surface area contributed by atoms with Gasteiger partial charge in [-0.25, -0.2) is 0 Å². The second-order valence-corrected chi connectivity index (χ2v) is 5.18. The van der Waals surface area contributed by atoms with E-state index >= 15 is 0 Å². The Morgan fingerprint density at radius 1 is 1.30 bits per heavy atom. The maximum atomic E-state index is 12.3. The summed E-state index contributed by atoms with van der Waals surface area (Å²) in [5.74, 6) is -0.255. The minimum atomic E-state index is -0.577. The Hall–Kier alpha value is -0.850. The third-order valence-corrected chi connectivity index (χ3v) is 3.37. The van der Waals surface area contributed by atoms with Crippen molar-refractivity contribution in [3.8, 4) is 0 Å². The summed E-state index contributed by atoms with van der Waals surface area (Å²) in [4.78, 5) is 25.9. The monoisotopic (exact) mass is 307 g/mol. The Kier molecular flexibility index (Phi) is 8.76. The van der Waals surface area contributed by atoms with E-state index in [0.29, 0.717) is 32.7 Å². The minimum Gasteiger partial charge on any atom is -0.378 e. The van der Waals surface area contributed by atoms with E-state index in [9.17, 15) is 9.59 Å². The molecule has 1 saturated heterocycles. The van der Waals surface area contributed by atoms with Crippen molar-refractivity contribution in [2.24, 2.45) is 11.7 Å². The summed E-state index contributed by atoms with van der Waals surface area (Å²) in [6, 6.07) is -1.07. The van der Waals surface area contributed by atoms with Crippen LogP contribution in [0.3, 0.4) is 0 Å². The van der Waals surface area contributed by atoms with E-state index in [1.54, 1.807) is 4.90 Å². The topological polar surface area (TPSA) is 84.7 Å². The van der Waals surface area contributed by atoms with Gasteiger partial charge in [-0.2, -0.15) is 0 Å². The van der Waals surface area contributed by atoms with Crippen molar-refractivity contribution in [1.29, 1.82) is 0 Å². The fourth-order valence-electron chi connectivity index (χ4n) is 1.91. The molecule has 0 bridgehead atoms. The standard InChI is InChI=1S/C13H25N3O3.ClH/c1-4-10(15-12(17)11(14)9(2)3)13(18)16-5-7-19-8-6-16;/h9-11H,4-8,14H2,1-3H3,(H,15,17);1H/t10?,11-;/m0./s1. The number of hydrogen-bond acceptors (Lipinski definition) is 4. The Bertz CT molecular complexity index is 320. The van der Waals surface area contributed by atoms with E-state index in [1.165, 1.54) is 0 Å². The predicted molar refractivity (Wildman–Crippen MR) is 79.7 cm³/mol. The van der Waals surface area contributed by atoms with Gasteiger partial charge >= 0.3 is 0 Å². The van der Waals surface area contributed by atoms with Crippen LogP contribution in [0, 0.1) is 5.92 Å². The smallest absolute Gasteiger partial charge is 0.245 e. The molecule has 0 saturated carbocycles. The maximum absolute atomic E-state index is 12.3. The molecule has 2 amide bonds. The highest BCUT2D eigenvalue weighted by molar-refractivity contribution is 5.89. The van der Waals surface area contributed by atoms with E-state index in [0.717, 1.165) is 0 Å². The number of carbonyl (C=O) groups excluding carboxylic acids is 2. The molecule has 0 aliphatic carbocycles. The molecule has 1 aliphatic rings. The Morgan fingerprint density at radius 3 is 2.30 bits per heavy atom. The highest BCUT2D eigenvalue weighted by Crippen LogP contribution is 2.05. The van der Waals surface area contributed by atoms with Crippen LogP contribution in [0.25, 0.3) is 0 Å². The summed E-state index contributed by atoms with van der Waals surface area (Å²) in [5.41, 5.74) is 5.78. The van der Waals surface area contributed by atoms with Gasteiger partial charge in [0.05, 0.1) is 19.3 Å². The molecule has 1 heterocycles.